The summed E-state index contributed by atoms with van der Waals surface area (Å²) in [5.74, 6) is 0.716. The molecule has 1 heterocycles. The number of halogens is 1. The van der Waals surface area contributed by atoms with Gasteiger partial charge in [-0.1, -0.05) is 13.8 Å². The summed E-state index contributed by atoms with van der Waals surface area (Å²) >= 11 is 0. The monoisotopic (exact) mass is 236 g/mol. The van der Waals surface area contributed by atoms with Crippen LogP contribution in [-0.4, -0.2) is 44.8 Å². The van der Waals surface area contributed by atoms with Gasteiger partial charge in [-0.2, -0.15) is 0 Å². The second-order valence-corrected chi connectivity index (χ2v) is 5.22. The van der Waals surface area contributed by atoms with Crippen molar-refractivity contribution in [1.82, 2.24) is 4.90 Å². The zero-order valence-electron chi connectivity index (χ0n) is 10.2. The molecular weight excluding hydrogens is 212 g/mol. The van der Waals surface area contributed by atoms with E-state index in [1.807, 2.05) is 0 Å². The van der Waals surface area contributed by atoms with Crippen LogP contribution in [0.15, 0.2) is 0 Å². The Morgan fingerprint density at radius 2 is 2.13 bits per heavy atom. The summed E-state index contributed by atoms with van der Waals surface area (Å²) < 4.78 is 5.22. The van der Waals surface area contributed by atoms with Gasteiger partial charge in [-0.25, -0.2) is 0 Å². The Bertz CT molecular complexity index is 176. The zero-order valence-corrected chi connectivity index (χ0v) is 11.0. The molecule has 1 unspecified atom stereocenters. The zero-order chi connectivity index (χ0) is 10.6. The first-order chi connectivity index (χ1) is 6.57. The molecule has 2 N–H and O–H groups in total. The minimum atomic E-state index is 0. The van der Waals surface area contributed by atoms with Crippen molar-refractivity contribution < 1.29 is 4.74 Å². The number of rotatable bonds is 5. The first kappa shape index (κ1) is 15.2. The van der Waals surface area contributed by atoms with Gasteiger partial charge in [0.1, 0.15) is 0 Å². The van der Waals surface area contributed by atoms with Crippen LogP contribution in [0.5, 0.6) is 0 Å². The van der Waals surface area contributed by atoms with E-state index < -0.39 is 0 Å². The maximum atomic E-state index is 5.67. The molecule has 15 heavy (non-hydrogen) atoms. The van der Waals surface area contributed by atoms with E-state index in [4.69, 9.17) is 10.5 Å². The van der Waals surface area contributed by atoms with Crippen molar-refractivity contribution in [2.75, 3.05) is 39.9 Å². The molecule has 1 rings (SSSR count). The van der Waals surface area contributed by atoms with Gasteiger partial charge in [-0.05, 0) is 25.4 Å². The summed E-state index contributed by atoms with van der Waals surface area (Å²) in [4.78, 5) is 2.51. The largest absolute Gasteiger partial charge is 0.384 e. The molecule has 1 atom stereocenters. The van der Waals surface area contributed by atoms with Crippen molar-refractivity contribution >= 4 is 12.4 Å². The fourth-order valence-electron chi connectivity index (χ4n) is 2.29. The second-order valence-electron chi connectivity index (χ2n) is 5.22. The first-order valence-electron chi connectivity index (χ1n) is 5.49. The maximum Gasteiger partial charge on any atom is 0.0525 e. The molecule has 0 aromatic carbocycles. The lowest BCUT2D eigenvalue weighted by Crippen LogP contribution is -2.36. The van der Waals surface area contributed by atoms with Crippen LogP contribution in [0.2, 0.25) is 0 Å². The highest BCUT2D eigenvalue weighted by Crippen LogP contribution is 2.22. The number of hydrogen-bond acceptors (Lipinski definition) is 3. The van der Waals surface area contributed by atoms with E-state index in [0.717, 1.165) is 19.7 Å². The minimum absolute atomic E-state index is 0. The Hall–Kier alpha value is 0.170. The highest BCUT2D eigenvalue weighted by molar-refractivity contribution is 5.85. The van der Waals surface area contributed by atoms with E-state index in [-0.39, 0.29) is 17.8 Å². The standard InChI is InChI=1S/C11H24N2O.ClH/c1-11(2,9-14-3)8-13-5-4-10(6-12)7-13;/h10H,4-9,12H2,1-3H3;1H. The quantitative estimate of drug-likeness (QED) is 0.784. The van der Waals surface area contributed by atoms with E-state index in [9.17, 15) is 0 Å². The van der Waals surface area contributed by atoms with Crippen molar-refractivity contribution in [3.05, 3.63) is 0 Å². The van der Waals surface area contributed by atoms with Crippen molar-refractivity contribution in [3.8, 4) is 0 Å². The van der Waals surface area contributed by atoms with Crippen LogP contribution >= 0.6 is 12.4 Å². The Labute approximate surface area is 99.7 Å². The molecule has 1 aliphatic heterocycles. The first-order valence-corrected chi connectivity index (χ1v) is 5.49. The molecule has 0 aromatic heterocycles. The highest BCUT2D eigenvalue weighted by Gasteiger charge is 2.27. The fourth-order valence-corrected chi connectivity index (χ4v) is 2.29. The van der Waals surface area contributed by atoms with Crippen molar-refractivity contribution in [1.29, 1.82) is 0 Å². The van der Waals surface area contributed by atoms with Gasteiger partial charge in [0.15, 0.2) is 0 Å². The maximum absolute atomic E-state index is 5.67. The van der Waals surface area contributed by atoms with Gasteiger partial charge in [0.2, 0.25) is 0 Å². The summed E-state index contributed by atoms with van der Waals surface area (Å²) in [6.45, 7) is 9.67. The molecule has 3 nitrogen and oxygen atoms in total. The van der Waals surface area contributed by atoms with E-state index in [0.29, 0.717) is 5.92 Å². The van der Waals surface area contributed by atoms with Crippen LogP contribution in [0.1, 0.15) is 20.3 Å². The smallest absolute Gasteiger partial charge is 0.0525 e. The third kappa shape index (κ3) is 5.16. The molecule has 92 valence electrons. The van der Waals surface area contributed by atoms with Crippen LogP contribution in [0, 0.1) is 11.3 Å². The number of likely N-dealkylation sites (tertiary alicyclic amines) is 1. The number of methoxy groups -OCH3 is 1. The average Bonchev–Trinajstić information content (AvgIpc) is 2.51. The van der Waals surface area contributed by atoms with Gasteiger partial charge in [0.05, 0.1) is 6.61 Å². The van der Waals surface area contributed by atoms with Crippen molar-refractivity contribution in [2.24, 2.45) is 17.1 Å². The molecule has 0 saturated carbocycles. The van der Waals surface area contributed by atoms with Crippen LogP contribution in [0.4, 0.5) is 0 Å². The molecule has 4 heteroatoms. The van der Waals surface area contributed by atoms with Gasteiger partial charge in [0, 0.05) is 25.6 Å². The molecular formula is C11H25ClN2O. The molecule has 0 amide bonds. The molecule has 1 aliphatic rings. The van der Waals surface area contributed by atoms with Gasteiger partial charge in [-0.15, -0.1) is 12.4 Å². The number of nitrogens with two attached hydrogens (primary N) is 1. The van der Waals surface area contributed by atoms with Crippen LogP contribution < -0.4 is 5.73 Å². The topological polar surface area (TPSA) is 38.5 Å². The van der Waals surface area contributed by atoms with Gasteiger partial charge >= 0.3 is 0 Å². The normalized spacial score (nSPS) is 22.8. The number of ether oxygens (including phenoxy) is 1. The van der Waals surface area contributed by atoms with Crippen molar-refractivity contribution in [3.63, 3.8) is 0 Å². The highest BCUT2D eigenvalue weighted by atomic mass is 35.5. The second kappa shape index (κ2) is 6.69. The summed E-state index contributed by atoms with van der Waals surface area (Å²) in [6.07, 6.45) is 1.26. The predicted molar refractivity (Wildman–Crippen MR) is 66.5 cm³/mol. The Kier molecular flexibility index (Phi) is 6.76. The molecule has 0 bridgehead atoms. The fraction of sp³-hybridized carbons (Fsp3) is 1.00. The molecule has 0 aromatic rings. The van der Waals surface area contributed by atoms with Gasteiger partial charge in [0.25, 0.3) is 0 Å². The van der Waals surface area contributed by atoms with Crippen LogP contribution in [0.3, 0.4) is 0 Å². The summed E-state index contributed by atoms with van der Waals surface area (Å²) in [5.41, 5.74) is 5.93. The average molecular weight is 237 g/mol. The third-order valence-corrected chi connectivity index (χ3v) is 2.89. The van der Waals surface area contributed by atoms with E-state index in [2.05, 4.69) is 18.7 Å². The Morgan fingerprint density at radius 3 is 2.60 bits per heavy atom. The lowest BCUT2D eigenvalue weighted by molar-refractivity contribution is 0.0759. The van der Waals surface area contributed by atoms with Crippen molar-refractivity contribution in [2.45, 2.75) is 20.3 Å². The molecule has 0 radical (unpaired) electrons. The summed E-state index contributed by atoms with van der Waals surface area (Å²) in [6, 6.07) is 0. The molecule has 0 aliphatic carbocycles. The molecule has 0 spiro atoms. The minimum Gasteiger partial charge on any atom is -0.384 e. The predicted octanol–water partition coefficient (Wildman–Crippen LogP) is 1.36. The number of hydrogen-bond donors (Lipinski definition) is 1. The molecule has 1 saturated heterocycles. The molecule has 1 fully saturated rings. The van der Waals surface area contributed by atoms with Crippen LogP contribution in [-0.2, 0) is 4.74 Å². The van der Waals surface area contributed by atoms with E-state index in [1.54, 1.807) is 7.11 Å². The van der Waals surface area contributed by atoms with E-state index in [1.165, 1.54) is 19.5 Å². The lowest BCUT2D eigenvalue weighted by atomic mass is 9.94. The van der Waals surface area contributed by atoms with Crippen LogP contribution in [0.25, 0.3) is 0 Å². The van der Waals surface area contributed by atoms with Gasteiger partial charge < -0.3 is 15.4 Å². The summed E-state index contributed by atoms with van der Waals surface area (Å²) in [7, 11) is 1.77. The lowest BCUT2D eigenvalue weighted by Gasteiger charge is -2.29. The SMILES string of the molecule is COCC(C)(C)CN1CCC(CN)C1.Cl. The number of nitrogens with zero attached hydrogens (tertiary/aromatic N) is 1. The van der Waals surface area contributed by atoms with Gasteiger partial charge in [-0.3, -0.25) is 0 Å². The van der Waals surface area contributed by atoms with E-state index >= 15 is 0 Å². The summed E-state index contributed by atoms with van der Waals surface area (Å²) in [5, 5.41) is 0. The Morgan fingerprint density at radius 1 is 1.47 bits per heavy atom. The third-order valence-electron chi connectivity index (χ3n) is 2.89. The Balaban J connectivity index is 0.00000196.